The highest BCUT2D eigenvalue weighted by atomic mass is 79.9. The number of nitrogens with one attached hydrogen (secondary N) is 1. The van der Waals surface area contributed by atoms with Gasteiger partial charge in [0, 0.05) is 10.2 Å². The molecule has 3 nitrogen and oxygen atoms in total. The lowest BCUT2D eigenvalue weighted by Gasteiger charge is -2.02. The first-order chi connectivity index (χ1) is 9.63. The second-order valence-corrected chi connectivity index (χ2v) is 7.12. The third-order valence-corrected chi connectivity index (χ3v) is 5.36. The first-order valence-electron chi connectivity index (χ1n) is 5.99. The third-order valence-electron chi connectivity index (χ3n) is 2.89. The highest BCUT2D eigenvalue weighted by molar-refractivity contribution is 9.10. The molecular formula is C14H11BrN2OS2. The Bertz CT molecular complexity index is 808. The molecule has 0 amide bonds. The van der Waals surface area contributed by atoms with Gasteiger partial charge >= 0.3 is 0 Å². The maximum absolute atomic E-state index is 12.0. The van der Waals surface area contributed by atoms with Crippen LogP contribution in [0, 0.1) is 6.92 Å². The molecule has 0 spiro atoms. The first-order valence-corrected chi connectivity index (χ1v) is 8.64. The third kappa shape index (κ3) is 2.82. The predicted molar refractivity (Wildman–Crippen MR) is 88.7 cm³/mol. The van der Waals surface area contributed by atoms with E-state index in [2.05, 4.69) is 38.0 Å². The highest BCUT2D eigenvalue weighted by Crippen LogP contribution is 2.24. The molecule has 0 unspecified atom stereocenters. The topological polar surface area (TPSA) is 45.8 Å². The van der Waals surface area contributed by atoms with Crippen molar-refractivity contribution in [2.24, 2.45) is 0 Å². The average molecular weight is 367 g/mol. The van der Waals surface area contributed by atoms with Gasteiger partial charge in [-0.3, -0.25) is 4.79 Å². The van der Waals surface area contributed by atoms with Gasteiger partial charge < -0.3 is 4.98 Å². The van der Waals surface area contributed by atoms with Crippen LogP contribution >= 0.6 is 39.0 Å². The SMILES string of the molecule is Cc1csc2nc(SCc3ccc(Br)cc3)[nH]c(=O)c12. The van der Waals surface area contributed by atoms with Crippen molar-refractivity contribution in [1.82, 2.24) is 9.97 Å². The van der Waals surface area contributed by atoms with Gasteiger partial charge in [-0.15, -0.1) is 11.3 Å². The summed E-state index contributed by atoms with van der Waals surface area (Å²) in [5.41, 5.74) is 2.14. The van der Waals surface area contributed by atoms with Crippen molar-refractivity contribution >= 4 is 49.2 Å². The zero-order valence-electron chi connectivity index (χ0n) is 10.6. The van der Waals surface area contributed by atoms with Gasteiger partial charge in [0.1, 0.15) is 4.83 Å². The molecule has 0 bridgehead atoms. The summed E-state index contributed by atoms with van der Waals surface area (Å²) in [5.74, 6) is 0.784. The molecule has 0 radical (unpaired) electrons. The number of aryl methyl sites for hydroxylation is 1. The largest absolute Gasteiger partial charge is 0.301 e. The fraction of sp³-hybridized carbons (Fsp3) is 0.143. The van der Waals surface area contributed by atoms with Crippen LogP contribution in [0.4, 0.5) is 0 Å². The van der Waals surface area contributed by atoms with Crippen LogP contribution < -0.4 is 5.56 Å². The van der Waals surface area contributed by atoms with Crippen LogP contribution in [-0.4, -0.2) is 9.97 Å². The normalized spacial score (nSPS) is 11.1. The van der Waals surface area contributed by atoms with Crippen molar-refractivity contribution in [2.45, 2.75) is 17.8 Å². The minimum atomic E-state index is -0.0490. The number of halogens is 1. The number of aromatic nitrogens is 2. The zero-order valence-corrected chi connectivity index (χ0v) is 13.9. The number of fused-ring (bicyclic) bond motifs is 1. The van der Waals surface area contributed by atoms with Crippen molar-refractivity contribution < 1.29 is 0 Å². The van der Waals surface area contributed by atoms with Crippen LogP contribution in [0.25, 0.3) is 10.2 Å². The number of thiophene rings is 1. The van der Waals surface area contributed by atoms with E-state index in [9.17, 15) is 4.79 Å². The molecule has 0 aliphatic rings. The Labute approximate surface area is 132 Å². The van der Waals surface area contributed by atoms with Crippen molar-refractivity contribution in [3.8, 4) is 0 Å². The maximum atomic E-state index is 12.0. The molecule has 2 aromatic heterocycles. The monoisotopic (exact) mass is 366 g/mol. The van der Waals surface area contributed by atoms with Crippen molar-refractivity contribution in [1.29, 1.82) is 0 Å². The molecule has 3 rings (SSSR count). The standard InChI is InChI=1S/C14H11BrN2OS2/c1-8-6-19-13-11(8)12(18)16-14(17-13)20-7-9-2-4-10(15)5-3-9/h2-6H,7H2,1H3,(H,16,17,18). The molecule has 0 fully saturated rings. The number of aromatic amines is 1. The summed E-state index contributed by atoms with van der Waals surface area (Å²) in [4.78, 5) is 20.2. The summed E-state index contributed by atoms with van der Waals surface area (Å²) in [6.45, 7) is 1.93. The van der Waals surface area contributed by atoms with Gasteiger partial charge in [-0.05, 0) is 35.6 Å². The summed E-state index contributed by atoms with van der Waals surface area (Å²) in [6.07, 6.45) is 0. The Morgan fingerprint density at radius 2 is 2.10 bits per heavy atom. The van der Waals surface area contributed by atoms with Crippen molar-refractivity contribution in [3.63, 3.8) is 0 Å². The van der Waals surface area contributed by atoms with Gasteiger partial charge in [-0.1, -0.05) is 39.8 Å². The molecule has 0 atom stereocenters. The minimum Gasteiger partial charge on any atom is -0.301 e. The van der Waals surface area contributed by atoms with Gasteiger partial charge in [-0.25, -0.2) is 4.98 Å². The Hall–Kier alpha value is -1.11. The molecule has 102 valence electrons. The van der Waals surface area contributed by atoms with Crippen LogP contribution in [0.15, 0.2) is 44.1 Å². The van der Waals surface area contributed by atoms with Crippen LogP contribution in [0.5, 0.6) is 0 Å². The smallest absolute Gasteiger partial charge is 0.260 e. The summed E-state index contributed by atoms with van der Waals surface area (Å²) in [6, 6.07) is 8.14. The predicted octanol–water partition coefficient (Wildman–Crippen LogP) is 4.35. The molecular weight excluding hydrogens is 356 g/mol. The number of hydrogen-bond acceptors (Lipinski definition) is 4. The lowest BCUT2D eigenvalue weighted by Crippen LogP contribution is -2.08. The van der Waals surface area contributed by atoms with Gasteiger partial charge in [0.2, 0.25) is 0 Å². The Morgan fingerprint density at radius 1 is 1.35 bits per heavy atom. The van der Waals surface area contributed by atoms with E-state index in [0.29, 0.717) is 10.5 Å². The van der Waals surface area contributed by atoms with Gasteiger partial charge in [0.25, 0.3) is 5.56 Å². The van der Waals surface area contributed by atoms with Crippen molar-refractivity contribution in [2.75, 3.05) is 0 Å². The molecule has 2 heterocycles. The summed E-state index contributed by atoms with van der Waals surface area (Å²) in [5, 5.41) is 3.35. The van der Waals surface area contributed by atoms with E-state index in [4.69, 9.17) is 0 Å². The number of hydrogen-bond donors (Lipinski definition) is 1. The first kappa shape index (κ1) is 13.9. The van der Waals surface area contributed by atoms with E-state index < -0.39 is 0 Å². The summed E-state index contributed by atoms with van der Waals surface area (Å²) >= 11 is 6.47. The molecule has 1 N–H and O–H groups in total. The van der Waals surface area contributed by atoms with Crippen LogP contribution in [0.1, 0.15) is 11.1 Å². The van der Waals surface area contributed by atoms with E-state index >= 15 is 0 Å². The van der Waals surface area contributed by atoms with Crippen LogP contribution in [0.3, 0.4) is 0 Å². The Morgan fingerprint density at radius 3 is 2.85 bits per heavy atom. The van der Waals surface area contributed by atoms with Gasteiger partial charge in [0.05, 0.1) is 5.39 Å². The molecule has 0 aliphatic heterocycles. The highest BCUT2D eigenvalue weighted by Gasteiger charge is 2.08. The molecule has 0 aliphatic carbocycles. The lowest BCUT2D eigenvalue weighted by atomic mass is 10.2. The van der Waals surface area contributed by atoms with Crippen LogP contribution in [-0.2, 0) is 5.75 Å². The molecule has 3 aromatic rings. The summed E-state index contributed by atoms with van der Waals surface area (Å²) < 4.78 is 1.06. The second-order valence-electron chi connectivity index (χ2n) is 4.39. The number of benzene rings is 1. The molecule has 20 heavy (non-hydrogen) atoms. The minimum absolute atomic E-state index is 0.0490. The van der Waals surface area contributed by atoms with Gasteiger partial charge in [0.15, 0.2) is 5.16 Å². The van der Waals surface area contributed by atoms with Gasteiger partial charge in [-0.2, -0.15) is 0 Å². The Balaban J connectivity index is 1.84. The van der Waals surface area contributed by atoms with E-state index in [1.54, 1.807) is 11.8 Å². The quantitative estimate of drug-likeness (QED) is 0.553. The second kappa shape index (κ2) is 5.71. The molecule has 0 saturated carbocycles. The maximum Gasteiger partial charge on any atom is 0.260 e. The fourth-order valence-electron chi connectivity index (χ4n) is 1.87. The number of nitrogens with zero attached hydrogens (tertiary/aromatic N) is 1. The zero-order chi connectivity index (χ0) is 14.1. The molecule has 0 saturated heterocycles. The van der Waals surface area contributed by atoms with E-state index in [1.165, 1.54) is 16.9 Å². The van der Waals surface area contributed by atoms with Crippen molar-refractivity contribution in [3.05, 3.63) is 55.6 Å². The Kier molecular flexibility index (Phi) is 3.96. The lowest BCUT2D eigenvalue weighted by molar-refractivity contribution is 0.978. The van der Waals surface area contributed by atoms with E-state index in [-0.39, 0.29) is 5.56 Å². The summed E-state index contributed by atoms with van der Waals surface area (Å²) in [7, 11) is 0. The van der Waals surface area contributed by atoms with E-state index in [1.807, 2.05) is 24.4 Å². The number of thioether (sulfide) groups is 1. The fourth-order valence-corrected chi connectivity index (χ4v) is 3.93. The van der Waals surface area contributed by atoms with Crippen LogP contribution in [0.2, 0.25) is 0 Å². The molecule has 1 aromatic carbocycles. The number of rotatable bonds is 3. The average Bonchev–Trinajstić information content (AvgIpc) is 2.80. The number of H-pyrrole nitrogens is 1. The molecule has 6 heteroatoms. The van der Waals surface area contributed by atoms with E-state index in [0.717, 1.165) is 20.6 Å².